The highest BCUT2D eigenvalue weighted by Crippen LogP contribution is 2.41. The number of carboxylic acid groups (broad SMARTS) is 1. The molecule has 1 saturated carbocycles. The topological polar surface area (TPSA) is 151 Å². The molecule has 0 bridgehead atoms. The van der Waals surface area contributed by atoms with Crippen LogP contribution in [0.1, 0.15) is 59.8 Å². The third kappa shape index (κ3) is 9.06. The van der Waals surface area contributed by atoms with Gasteiger partial charge in [-0.15, -0.1) is 0 Å². The van der Waals surface area contributed by atoms with Gasteiger partial charge in [0, 0.05) is 12.2 Å². The van der Waals surface area contributed by atoms with Crippen LogP contribution in [0.25, 0.3) is 0 Å². The number of rotatable bonds is 11. The van der Waals surface area contributed by atoms with Gasteiger partial charge < -0.3 is 26.8 Å². The molecule has 1 unspecified atom stereocenters. The second-order valence-corrected chi connectivity index (χ2v) is 7.11. The molecule has 0 aromatic rings. The lowest BCUT2D eigenvalue weighted by Gasteiger charge is -2.37. The van der Waals surface area contributed by atoms with Gasteiger partial charge in [-0.05, 0) is 45.6 Å². The number of primary amides is 1. The molecule has 0 aliphatic heterocycles. The van der Waals surface area contributed by atoms with Gasteiger partial charge in [0.2, 0.25) is 11.8 Å². The summed E-state index contributed by atoms with van der Waals surface area (Å²) in [5.74, 6) is -2.33. The summed E-state index contributed by atoms with van der Waals surface area (Å²) in [7, 11) is 0. The Balaban J connectivity index is 0.00000436. The SMILES string of the molecule is C=C(C)/C=C\C(=C/C)NC(=O)C(CCCNC(N)=O)NC(=O)C1(C(=O)O)CCC1.CC. The highest BCUT2D eigenvalue weighted by atomic mass is 16.4. The summed E-state index contributed by atoms with van der Waals surface area (Å²) in [5.41, 5.74) is 4.86. The van der Waals surface area contributed by atoms with Crippen molar-refractivity contribution in [2.24, 2.45) is 11.1 Å². The number of amides is 4. The average molecular weight is 437 g/mol. The van der Waals surface area contributed by atoms with E-state index in [2.05, 4.69) is 22.5 Å². The van der Waals surface area contributed by atoms with Crippen LogP contribution >= 0.6 is 0 Å². The minimum absolute atomic E-state index is 0.203. The summed E-state index contributed by atoms with van der Waals surface area (Å²) in [4.78, 5) is 47.7. The molecule has 0 radical (unpaired) electrons. The molecule has 1 fully saturated rings. The Morgan fingerprint density at radius 1 is 1.19 bits per heavy atom. The Morgan fingerprint density at radius 3 is 2.23 bits per heavy atom. The van der Waals surface area contributed by atoms with Crippen LogP contribution in [0, 0.1) is 5.41 Å². The Kier molecular flexibility index (Phi) is 12.6. The largest absolute Gasteiger partial charge is 0.480 e. The Labute approximate surface area is 184 Å². The molecule has 0 aromatic carbocycles. The molecule has 0 spiro atoms. The fraction of sp³-hybridized carbons (Fsp3) is 0.545. The van der Waals surface area contributed by atoms with Crippen molar-refractivity contribution < 1.29 is 24.3 Å². The summed E-state index contributed by atoms with van der Waals surface area (Å²) in [6.07, 6.45) is 6.80. The fourth-order valence-electron chi connectivity index (χ4n) is 2.82. The summed E-state index contributed by atoms with van der Waals surface area (Å²) in [6.45, 7) is 11.5. The predicted molar refractivity (Wildman–Crippen MR) is 120 cm³/mol. The maximum Gasteiger partial charge on any atom is 0.319 e. The number of carbonyl (C=O) groups is 4. The van der Waals surface area contributed by atoms with Crippen LogP contribution in [0.15, 0.2) is 36.1 Å². The maximum atomic E-state index is 12.7. The van der Waals surface area contributed by atoms with Gasteiger partial charge in [-0.2, -0.15) is 0 Å². The fourth-order valence-corrected chi connectivity index (χ4v) is 2.82. The van der Waals surface area contributed by atoms with E-state index in [4.69, 9.17) is 5.73 Å². The van der Waals surface area contributed by atoms with E-state index in [0.29, 0.717) is 18.5 Å². The zero-order chi connectivity index (χ0) is 24.0. The number of allylic oxidation sites excluding steroid dienone is 4. The number of aliphatic carboxylic acids is 1. The zero-order valence-corrected chi connectivity index (χ0v) is 18.9. The van der Waals surface area contributed by atoms with Gasteiger partial charge in [-0.1, -0.05) is 44.6 Å². The first-order chi connectivity index (χ1) is 14.6. The molecule has 0 saturated heterocycles. The number of nitrogens with two attached hydrogens (primary N) is 1. The van der Waals surface area contributed by atoms with Crippen LogP contribution in [-0.4, -0.2) is 41.5 Å². The summed E-state index contributed by atoms with van der Waals surface area (Å²) >= 11 is 0. The molecule has 31 heavy (non-hydrogen) atoms. The number of nitrogens with one attached hydrogen (secondary N) is 3. The molecule has 0 heterocycles. The van der Waals surface area contributed by atoms with Crippen LogP contribution in [0.5, 0.6) is 0 Å². The molecule has 0 aromatic heterocycles. The molecule has 1 aliphatic rings. The van der Waals surface area contributed by atoms with Gasteiger partial charge in [0.15, 0.2) is 0 Å². The molecular weight excluding hydrogens is 400 g/mol. The molecule has 4 amide bonds. The Hall–Kier alpha value is -3.10. The van der Waals surface area contributed by atoms with Crippen molar-refractivity contribution >= 4 is 23.8 Å². The maximum absolute atomic E-state index is 12.7. The summed E-state index contributed by atoms with van der Waals surface area (Å²) in [6, 6.07) is -1.64. The van der Waals surface area contributed by atoms with E-state index < -0.39 is 35.3 Å². The predicted octanol–water partition coefficient (Wildman–Crippen LogP) is 2.35. The molecule has 174 valence electrons. The van der Waals surface area contributed by atoms with Gasteiger partial charge in [0.25, 0.3) is 0 Å². The van der Waals surface area contributed by atoms with Gasteiger partial charge >= 0.3 is 12.0 Å². The van der Waals surface area contributed by atoms with Crippen LogP contribution in [0.3, 0.4) is 0 Å². The summed E-state index contributed by atoms with van der Waals surface area (Å²) in [5, 5.41) is 17.1. The molecule has 9 heteroatoms. The van der Waals surface area contributed by atoms with Gasteiger partial charge in [-0.25, -0.2) is 4.79 Å². The normalized spacial score (nSPS) is 15.5. The number of hydrogen-bond acceptors (Lipinski definition) is 4. The first kappa shape index (κ1) is 27.9. The highest BCUT2D eigenvalue weighted by molar-refractivity contribution is 6.04. The second-order valence-electron chi connectivity index (χ2n) is 7.11. The van der Waals surface area contributed by atoms with E-state index in [9.17, 15) is 24.3 Å². The standard InChI is InChI=1S/C20H30N4O5.C2H6/c1-4-14(9-8-13(2)3)23-16(25)15(7-5-12-22-19(21)29)24-17(26)20(18(27)28)10-6-11-20;1-2/h4,8-9,15H,2,5-7,10-12H2,1,3H3,(H,23,25)(H,24,26)(H,27,28)(H3,21,22,29);1-2H3/b9-8-,14-4+;. The van der Waals surface area contributed by atoms with Gasteiger partial charge in [0.1, 0.15) is 11.5 Å². The van der Waals surface area contributed by atoms with Crippen molar-refractivity contribution in [3.63, 3.8) is 0 Å². The van der Waals surface area contributed by atoms with E-state index in [1.54, 1.807) is 25.2 Å². The monoisotopic (exact) mass is 436 g/mol. The Bertz CT molecular complexity index is 723. The minimum atomic E-state index is -1.48. The highest BCUT2D eigenvalue weighted by Gasteiger charge is 2.51. The lowest BCUT2D eigenvalue weighted by atomic mass is 9.68. The molecule has 1 aliphatic carbocycles. The van der Waals surface area contributed by atoms with E-state index in [-0.39, 0.29) is 25.8 Å². The lowest BCUT2D eigenvalue weighted by molar-refractivity contribution is -0.162. The van der Waals surface area contributed by atoms with Crippen molar-refractivity contribution in [1.82, 2.24) is 16.0 Å². The lowest BCUT2D eigenvalue weighted by Crippen LogP contribution is -2.56. The second kappa shape index (κ2) is 14.0. The molecule has 9 nitrogen and oxygen atoms in total. The third-order valence-corrected chi connectivity index (χ3v) is 4.77. The van der Waals surface area contributed by atoms with E-state index in [1.165, 1.54) is 0 Å². The third-order valence-electron chi connectivity index (χ3n) is 4.77. The van der Waals surface area contributed by atoms with Crippen LogP contribution in [0.2, 0.25) is 0 Å². The van der Waals surface area contributed by atoms with Crippen molar-refractivity contribution in [3.8, 4) is 0 Å². The number of urea groups is 1. The smallest absolute Gasteiger partial charge is 0.319 e. The first-order valence-electron chi connectivity index (χ1n) is 10.5. The van der Waals surface area contributed by atoms with Crippen molar-refractivity contribution in [1.29, 1.82) is 0 Å². The quantitative estimate of drug-likeness (QED) is 0.191. The molecular formula is C22H36N4O5. The Morgan fingerprint density at radius 2 is 1.81 bits per heavy atom. The van der Waals surface area contributed by atoms with Crippen LogP contribution in [0.4, 0.5) is 4.79 Å². The van der Waals surface area contributed by atoms with Crippen molar-refractivity contribution in [2.45, 2.75) is 65.8 Å². The summed E-state index contributed by atoms with van der Waals surface area (Å²) < 4.78 is 0. The number of hydrogen-bond donors (Lipinski definition) is 5. The minimum Gasteiger partial charge on any atom is -0.480 e. The first-order valence-corrected chi connectivity index (χ1v) is 10.5. The number of carboxylic acids is 1. The molecule has 6 N–H and O–H groups in total. The van der Waals surface area contributed by atoms with Crippen LogP contribution in [-0.2, 0) is 14.4 Å². The van der Waals surface area contributed by atoms with E-state index >= 15 is 0 Å². The number of carbonyl (C=O) groups excluding carboxylic acids is 3. The van der Waals surface area contributed by atoms with Gasteiger partial charge in [0.05, 0.1) is 0 Å². The van der Waals surface area contributed by atoms with E-state index in [1.807, 2.05) is 20.8 Å². The van der Waals surface area contributed by atoms with Gasteiger partial charge in [-0.3, -0.25) is 14.4 Å². The molecule has 1 atom stereocenters. The average Bonchev–Trinajstić information content (AvgIpc) is 2.67. The zero-order valence-electron chi connectivity index (χ0n) is 18.9. The van der Waals surface area contributed by atoms with Crippen molar-refractivity contribution in [3.05, 3.63) is 36.1 Å². The van der Waals surface area contributed by atoms with Crippen molar-refractivity contribution in [2.75, 3.05) is 6.54 Å². The van der Waals surface area contributed by atoms with E-state index in [0.717, 1.165) is 5.57 Å². The van der Waals surface area contributed by atoms with Crippen LogP contribution < -0.4 is 21.7 Å². The molecule has 1 rings (SSSR count).